The monoisotopic (exact) mass is 331 g/mol. The first-order valence-corrected chi connectivity index (χ1v) is 7.69. The van der Waals surface area contributed by atoms with Gasteiger partial charge in [0.1, 0.15) is 23.2 Å². The van der Waals surface area contributed by atoms with Crippen molar-refractivity contribution in [1.82, 2.24) is 9.38 Å². The summed E-state index contributed by atoms with van der Waals surface area (Å²) in [6.45, 7) is 1.76. The number of imidazole rings is 1. The maximum absolute atomic E-state index is 12.8. The Hall–Kier alpha value is -3.64. The van der Waals surface area contributed by atoms with Crippen molar-refractivity contribution >= 4 is 28.8 Å². The molecule has 1 aliphatic heterocycles. The van der Waals surface area contributed by atoms with Gasteiger partial charge in [-0.1, -0.05) is 35.4 Å². The number of hydrogen-bond acceptors (Lipinski definition) is 5. The van der Waals surface area contributed by atoms with E-state index in [1.54, 1.807) is 35.6 Å². The summed E-state index contributed by atoms with van der Waals surface area (Å²) in [6, 6.07) is 12.0. The Balaban J connectivity index is 1.81. The molecule has 8 heteroatoms. The van der Waals surface area contributed by atoms with Gasteiger partial charge in [0.25, 0.3) is 0 Å². The van der Waals surface area contributed by atoms with Crippen molar-refractivity contribution in [2.24, 2.45) is 10.1 Å². The molecule has 0 aliphatic carbocycles. The van der Waals surface area contributed by atoms with Gasteiger partial charge in [-0.15, -0.1) is 0 Å². The Morgan fingerprint density at radius 2 is 2.04 bits per heavy atom. The zero-order valence-electron chi connectivity index (χ0n) is 13.3. The average Bonchev–Trinajstić information content (AvgIpc) is 2.93. The number of azide groups is 1. The van der Waals surface area contributed by atoms with Gasteiger partial charge in [0, 0.05) is 22.4 Å². The second-order valence-corrected chi connectivity index (χ2v) is 5.62. The van der Waals surface area contributed by atoms with Gasteiger partial charge >= 0.3 is 0 Å². The minimum absolute atomic E-state index is 0.0955. The van der Waals surface area contributed by atoms with Gasteiger partial charge in [-0.05, 0) is 24.6 Å². The summed E-state index contributed by atoms with van der Waals surface area (Å²) in [6.07, 6.45) is 1.81. The molecule has 0 amide bonds. The Bertz CT molecular complexity index is 1060. The smallest absolute Gasteiger partial charge is 0.207 e. The highest BCUT2D eigenvalue weighted by Gasteiger charge is 2.28. The van der Waals surface area contributed by atoms with Crippen LogP contribution in [0.1, 0.15) is 23.0 Å². The summed E-state index contributed by atoms with van der Waals surface area (Å²) in [5.74, 6) is 0.941. The van der Waals surface area contributed by atoms with E-state index in [1.807, 2.05) is 24.4 Å². The molecule has 25 heavy (non-hydrogen) atoms. The highest BCUT2D eigenvalue weighted by molar-refractivity contribution is 6.15. The molecule has 0 saturated carbocycles. The summed E-state index contributed by atoms with van der Waals surface area (Å²) in [5, 5.41) is 6.72. The van der Waals surface area contributed by atoms with E-state index in [1.165, 1.54) is 0 Å². The molecular formula is C17H13N7O. The van der Waals surface area contributed by atoms with E-state index in [-0.39, 0.29) is 5.78 Å². The number of pyridine rings is 1. The molecular weight excluding hydrogens is 318 g/mol. The number of aliphatic imine (C=N–C) groups is 1. The number of aromatic nitrogens is 2. The van der Waals surface area contributed by atoms with Crippen molar-refractivity contribution in [3.8, 4) is 0 Å². The average molecular weight is 331 g/mol. The van der Waals surface area contributed by atoms with Crippen LogP contribution in [0.15, 0.2) is 58.8 Å². The topological polar surface area (TPSA) is 108 Å². The predicted octanol–water partition coefficient (Wildman–Crippen LogP) is 3.72. The normalized spacial score (nSPS) is 16.4. The van der Waals surface area contributed by atoms with Crippen LogP contribution in [0.2, 0.25) is 0 Å². The van der Waals surface area contributed by atoms with Crippen LogP contribution in [0.3, 0.4) is 0 Å². The number of nitrogens with zero attached hydrogens (tertiary/aromatic N) is 6. The molecule has 2 aromatic heterocycles. The van der Waals surface area contributed by atoms with Crippen LogP contribution < -0.4 is 5.32 Å². The summed E-state index contributed by atoms with van der Waals surface area (Å²) < 4.78 is 1.77. The third kappa shape index (κ3) is 2.50. The Labute approximate surface area is 142 Å². The standard InChI is InChI=1S/C17H13N7O/c1-10-15(25)14-17(20-13-4-2-3-9-24(13)14)21-16(19-10)11-5-7-12(8-6-11)22-23-18/h2-10H,1H3,(H,19,21)/t10-/m0/s1. The Morgan fingerprint density at radius 3 is 2.80 bits per heavy atom. The lowest BCUT2D eigenvalue weighted by molar-refractivity contribution is 0.0965. The van der Waals surface area contributed by atoms with Crippen LogP contribution in [0.5, 0.6) is 0 Å². The number of Topliss-reactive ketones (excluding diaryl/α,β-unsaturated/α-hetero) is 1. The molecule has 8 nitrogen and oxygen atoms in total. The van der Waals surface area contributed by atoms with Gasteiger partial charge in [-0.3, -0.25) is 14.2 Å². The molecule has 0 spiro atoms. The molecule has 1 aliphatic rings. The molecule has 0 bridgehead atoms. The van der Waals surface area contributed by atoms with Crippen LogP contribution in [0, 0.1) is 0 Å². The van der Waals surface area contributed by atoms with Crippen LogP contribution >= 0.6 is 0 Å². The van der Waals surface area contributed by atoms with Gasteiger partial charge < -0.3 is 5.32 Å². The fourth-order valence-corrected chi connectivity index (χ4v) is 2.80. The van der Waals surface area contributed by atoms with Gasteiger partial charge in [-0.25, -0.2) is 4.98 Å². The van der Waals surface area contributed by atoms with Crippen molar-refractivity contribution in [1.29, 1.82) is 0 Å². The molecule has 0 fully saturated rings. The number of anilines is 1. The molecule has 1 atom stereocenters. The molecule has 3 aromatic rings. The minimum atomic E-state index is -0.541. The van der Waals surface area contributed by atoms with Gasteiger partial charge in [-0.2, -0.15) is 0 Å². The number of amidine groups is 1. The van der Waals surface area contributed by atoms with Gasteiger partial charge in [0.05, 0.1) is 0 Å². The Morgan fingerprint density at radius 1 is 1.24 bits per heavy atom. The molecule has 0 unspecified atom stereocenters. The Kier molecular flexibility index (Phi) is 3.45. The van der Waals surface area contributed by atoms with E-state index < -0.39 is 6.04 Å². The number of ketones is 1. The number of carbonyl (C=O) groups excluding carboxylic acids is 1. The molecule has 0 radical (unpaired) electrons. The van der Waals surface area contributed by atoms with Crippen LogP contribution in [0.25, 0.3) is 16.1 Å². The first-order chi connectivity index (χ1) is 12.2. The van der Waals surface area contributed by atoms with Gasteiger partial charge in [0.15, 0.2) is 5.82 Å². The number of rotatable bonds is 2. The van der Waals surface area contributed by atoms with Crippen molar-refractivity contribution in [3.63, 3.8) is 0 Å². The zero-order chi connectivity index (χ0) is 17.4. The fraction of sp³-hybridized carbons (Fsp3) is 0.118. The molecule has 122 valence electrons. The van der Waals surface area contributed by atoms with E-state index in [9.17, 15) is 4.79 Å². The molecule has 3 heterocycles. The second-order valence-electron chi connectivity index (χ2n) is 5.62. The predicted molar refractivity (Wildman–Crippen MR) is 94.4 cm³/mol. The SMILES string of the molecule is C[C@@H]1N=C(c2ccc(N=[N+]=[N-])cc2)Nc2nc3ccccn3c2C1=O. The maximum Gasteiger partial charge on any atom is 0.207 e. The summed E-state index contributed by atoms with van der Waals surface area (Å²) in [7, 11) is 0. The third-order valence-electron chi connectivity index (χ3n) is 4.00. The molecule has 1 aromatic carbocycles. The number of benzene rings is 1. The van der Waals surface area contributed by atoms with Crippen molar-refractivity contribution in [2.45, 2.75) is 13.0 Å². The molecule has 4 rings (SSSR count). The van der Waals surface area contributed by atoms with Crippen molar-refractivity contribution in [3.05, 3.63) is 70.4 Å². The highest BCUT2D eigenvalue weighted by atomic mass is 16.1. The highest BCUT2D eigenvalue weighted by Crippen LogP contribution is 2.24. The van der Waals surface area contributed by atoms with E-state index in [4.69, 9.17) is 5.53 Å². The maximum atomic E-state index is 12.8. The number of nitrogens with one attached hydrogen (secondary N) is 1. The first kappa shape index (κ1) is 14.9. The third-order valence-corrected chi connectivity index (χ3v) is 4.00. The summed E-state index contributed by atoms with van der Waals surface area (Å²) in [5.41, 5.74) is 11.0. The van der Waals surface area contributed by atoms with Crippen LogP contribution in [-0.4, -0.2) is 27.0 Å². The number of fused-ring (bicyclic) bond motifs is 3. The van der Waals surface area contributed by atoms with Gasteiger partial charge in [0.2, 0.25) is 5.78 Å². The van der Waals surface area contributed by atoms with E-state index in [0.29, 0.717) is 28.7 Å². The lowest BCUT2D eigenvalue weighted by Crippen LogP contribution is -2.17. The lowest BCUT2D eigenvalue weighted by Gasteiger charge is -2.07. The van der Waals surface area contributed by atoms with Crippen LogP contribution in [-0.2, 0) is 0 Å². The summed E-state index contributed by atoms with van der Waals surface area (Å²) >= 11 is 0. The molecule has 0 saturated heterocycles. The van der Waals surface area contributed by atoms with E-state index in [2.05, 4.69) is 25.3 Å². The second kappa shape index (κ2) is 5.77. The fourth-order valence-electron chi connectivity index (χ4n) is 2.80. The van der Waals surface area contributed by atoms with E-state index in [0.717, 1.165) is 5.56 Å². The number of carbonyl (C=O) groups is 1. The quantitative estimate of drug-likeness (QED) is 0.439. The largest absolute Gasteiger partial charge is 0.323 e. The lowest BCUT2D eigenvalue weighted by atomic mass is 10.1. The number of hydrogen-bond donors (Lipinski definition) is 1. The van der Waals surface area contributed by atoms with Crippen molar-refractivity contribution in [2.75, 3.05) is 5.32 Å². The minimum Gasteiger partial charge on any atom is -0.323 e. The zero-order valence-corrected chi connectivity index (χ0v) is 13.3. The molecule has 1 N–H and O–H groups in total. The van der Waals surface area contributed by atoms with Crippen molar-refractivity contribution < 1.29 is 4.79 Å². The summed E-state index contributed by atoms with van der Waals surface area (Å²) in [4.78, 5) is 24.5. The first-order valence-electron chi connectivity index (χ1n) is 7.69. The van der Waals surface area contributed by atoms with Crippen LogP contribution in [0.4, 0.5) is 11.5 Å². The van der Waals surface area contributed by atoms with E-state index >= 15 is 0 Å².